The maximum atomic E-state index is 11.9. The molecule has 2 nitrogen and oxygen atoms in total. The lowest BCUT2D eigenvalue weighted by molar-refractivity contribution is -0.105. The molecule has 17 heavy (non-hydrogen) atoms. The standard InChI is InChI=1S/C11H16F3NOS/c1-2-3-4-5-6-9-7-15-10(16-9)17-8-11(12,13)14/h7H,2-6,8H2,1H3. The average Bonchev–Trinajstić information content (AvgIpc) is 2.69. The van der Waals surface area contributed by atoms with E-state index in [1.54, 1.807) is 0 Å². The Morgan fingerprint density at radius 2 is 2.06 bits per heavy atom. The number of alkyl halides is 3. The van der Waals surface area contributed by atoms with Crippen LogP contribution in [0.2, 0.25) is 0 Å². The molecule has 0 aliphatic carbocycles. The van der Waals surface area contributed by atoms with Gasteiger partial charge in [0.05, 0.1) is 11.9 Å². The van der Waals surface area contributed by atoms with E-state index in [-0.39, 0.29) is 5.22 Å². The maximum absolute atomic E-state index is 11.9. The van der Waals surface area contributed by atoms with Crippen LogP contribution < -0.4 is 0 Å². The predicted octanol–water partition coefficient (Wildman–Crippen LogP) is 4.45. The number of oxazole rings is 1. The monoisotopic (exact) mass is 267 g/mol. The number of thioether (sulfide) groups is 1. The van der Waals surface area contributed by atoms with Gasteiger partial charge in [0.25, 0.3) is 5.22 Å². The number of rotatable bonds is 7. The highest BCUT2D eigenvalue weighted by molar-refractivity contribution is 7.99. The number of nitrogens with zero attached hydrogens (tertiary/aromatic N) is 1. The first-order valence-electron chi connectivity index (χ1n) is 5.65. The summed E-state index contributed by atoms with van der Waals surface area (Å²) < 4.78 is 41.0. The molecule has 0 saturated heterocycles. The van der Waals surface area contributed by atoms with Crippen LogP contribution in [-0.2, 0) is 6.42 Å². The molecule has 0 unspecified atom stereocenters. The minimum atomic E-state index is -4.18. The van der Waals surface area contributed by atoms with Crippen molar-refractivity contribution in [1.82, 2.24) is 4.98 Å². The molecule has 1 aromatic heterocycles. The molecule has 0 N–H and O–H groups in total. The van der Waals surface area contributed by atoms with E-state index in [0.717, 1.165) is 25.7 Å². The minimum absolute atomic E-state index is 0.104. The quantitative estimate of drug-likeness (QED) is 0.539. The van der Waals surface area contributed by atoms with E-state index in [4.69, 9.17) is 4.42 Å². The van der Waals surface area contributed by atoms with Crippen molar-refractivity contribution in [2.45, 2.75) is 50.4 Å². The second kappa shape index (κ2) is 6.93. The summed E-state index contributed by atoms with van der Waals surface area (Å²) in [6, 6.07) is 0. The molecule has 0 amide bonds. The number of aromatic nitrogens is 1. The van der Waals surface area contributed by atoms with Crippen LogP contribution in [0.5, 0.6) is 0 Å². The third kappa shape index (κ3) is 6.61. The predicted molar refractivity (Wildman–Crippen MR) is 61.1 cm³/mol. The zero-order valence-electron chi connectivity index (χ0n) is 9.72. The molecule has 0 aromatic carbocycles. The SMILES string of the molecule is CCCCCCc1cnc(SCC(F)(F)F)o1. The first kappa shape index (κ1) is 14.4. The fraction of sp³-hybridized carbons (Fsp3) is 0.727. The van der Waals surface area contributed by atoms with E-state index in [9.17, 15) is 13.2 Å². The summed E-state index contributed by atoms with van der Waals surface area (Å²) >= 11 is 0.589. The first-order valence-corrected chi connectivity index (χ1v) is 6.64. The summed E-state index contributed by atoms with van der Waals surface area (Å²) in [7, 11) is 0. The van der Waals surface area contributed by atoms with Gasteiger partial charge < -0.3 is 4.42 Å². The van der Waals surface area contributed by atoms with Crippen molar-refractivity contribution in [3.63, 3.8) is 0 Å². The molecule has 6 heteroatoms. The summed E-state index contributed by atoms with van der Waals surface area (Å²) in [4.78, 5) is 3.81. The van der Waals surface area contributed by atoms with Gasteiger partial charge in [-0.15, -0.1) is 0 Å². The first-order chi connectivity index (χ1) is 8.01. The second-order valence-electron chi connectivity index (χ2n) is 3.81. The second-order valence-corrected chi connectivity index (χ2v) is 4.73. The molecule has 0 bridgehead atoms. The van der Waals surface area contributed by atoms with Crippen LogP contribution in [0.1, 0.15) is 38.4 Å². The van der Waals surface area contributed by atoms with E-state index < -0.39 is 11.9 Å². The van der Waals surface area contributed by atoms with E-state index in [2.05, 4.69) is 11.9 Å². The Labute approximate surface area is 103 Å². The molecule has 0 saturated carbocycles. The summed E-state index contributed by atoms with van der Waals surface area (Å²) in [5.74, 6) is -0.284. The fourth-order valence-electron chi connectivity index (χ4n) is 1.34. The topological polar surface area (TPSA) is 26.0 Å². The number of unbranched alkanes of at least 4 members (excludes halogenated alkanes) is 3. The number of hydrogen-bond acceptors (Lipinski definition) is 3. The van der Waals surface area contributed by atoms with Gasteiger partial charge in [-0.05, 0) is 6.42 Å². The van der Waals surface area contributed by atoms with Crippen molar-refractivity contribution in [1.29, 1.82) is 0 Å². The van der Waals surface area contributed by atoms with Gasteiger partial charge in [-0.2, -0.15) is 13.2 Å². The van der Waals surface area contributed by atoms with Gasteiger partial charge in [0.1, 0.15) is 5.76 Å². The highest BCUT2D eigenvalue weighted by Crippen LogP contribution is 2.27. The van der Waals surface area contributed by atoms with Crippen LogP contribution in [0.25, 0.3) is 0 Å². The molecular formula is C11H16F3NOS. The molecule has 0 aliphatic heterocycles. The largest absolute Gasteiger partial charge is 0.437 e. The lowest BCUT2D eigenvalue weighted by Gasteiger charge is -2.02. The Bertz CT molecular complexity index is 325. The van der Waals surface area contributed by atoms with Crippen LogP contribution in [0, 0.1) is 0 Å². The van der Waals surface area contributed by atoms with E-state index in [0.29, 0.717) is 17.5 Å². The molecule has 1 heterocycles. The molecule has 0 aliphatic rings. The summed E-state index contributed by atoms with van der Waals surface area (Å²) in [5.41, 5.74) is 0. The molecular weight excluding hydrogens is 251 g/mol. The van der Waals surface area contributed by atoms with Crippen LogP contribution >= 0.6 is 11.8 Å². The molecule has 1 rings (SSSR count). The smallest absolute Gasteiger partial charge is 0.398 e. The van der Waals surface area contributed by atoms with Crippen molar-refractivity contribution in [2.24, 2.45) is 0 Å². The molecule has 0 spiro atoms. The Morgan fingerprint density at radius 1 is 1.29 bits per heavy atom. The maximum Gasteiger partial charge on any atom is 0.398 e. The van der Waals surface area contributed by atoms with Crippen LogP contribution in [0.15, 0.2) is 15.8 Å². The molecule has 1 aromatic rings. The van der Waals surface area contributed by atoms with Gasteiger partial charge >= 0.3 is 6.18 Å². The van der Waals surface area contributed by atoms with E-state index in [1.807, 2.05) is 0 Å². The van der Waals surface area contributed by atoms with Gasteiger partial charge in [0.2, 0.25) is 0 Å². The Morgan fingerprint density at radius 3 is 2.71 bits per heavy atom. The zero-order chi connectivity index (χ0) is 12.7. The van der Waals surface area contributed by atoms with Gasteiger partial charge in [0, 0.05) is 6.42 Å². The van der Waals surface area contributed by atoms with Crippen molar-refractivity contribution in [2.75, 3.05) is 5.75 Å². The summed E-state index contributed by atoms with van der Waals surface area (Å²) in [6.45, 7) is 2.13. The number of hydrogen-bond donors (Lipinski definition) is 0. The van der Waals surface area contributed by atoms with Crippen LogP contribution in [-0.4, -0.2) is 16.9 Å². The minimum Gasteiger partial charge on any atom is -0.437 e. The lowest BCUT2D eigenvalue weighted by Crippen LogP contribution is -2.10. The third-order valence-electron chi connectivity index (χ3n) is 2.17. The molecule has 0 fully saturated rings. The van der Waals surface area contributed by atoms with E-state index in [1.165, 1.54) is 12.6 Å². The van der Waals surface area contributed by atoms with Crippen LogP contribution in [0.3, 0.4) is 0 Å². The van der Waals surface area contributed by atoms with Gasteiger partial charge in [0.15, 0.2) is 0 Å². The lowest BCUT2D eigenvalue weighted by atomic mass is 10.1. The van der Waals surface area contributed by atoms with Crippen molar-refractivity contribution in [3.8, 4) is 0 Å². The molecule has 0 radical (unpaired) electrons. The Kier molecular flexibility index (Phi) is 5.88. The fourth-order valence-corrected chi connectivity index (χ4v) is 1.92. The van der Waals surface area contributed by atoms with Gasteiger partial charge in [-0.25, -0.2) is 4.98 Å². The van der Waals surface area contributed by atoms with Gasteiger partial charge in [-0.3, -0.25) is 0 Å². The molecule has 98 valence electrons. The zero-order valence-corrected chi connectivity index (χ0v) is 10.5. The van der Waals surface area contributed by atoms with E-state index >= 15 is 0 Å². The number of aryl methyl sites for hydroxylation is 1. The van der Waals surface area contributed by atoms with Crippen molar-refractivity contribution < 1.29 is 17.6 Å². The summed E-state index contributed by atoms with van der Waals surface area (Å²) in [5, 5.41) is 0.104. The van der Waals surface area contributed by atoms with Crippen molar-refractivity contribution >= 4 is 11.8 Å². The third-order valence-corrected chi connectivity index (χ3v) is 3.08. The van der Waals surface area contributed by atoms with Crippen molar-refractivity contribution in [3.05, 3.63) is 12.0 Å². The Hall–Kier alpha value is -0.650. The van der Waals surface area contributed by atoms with Gasteiger partial charge in [-0.1, -0.05) is 37.9 Å². The normalized spacial score (nSPS) is 12.0. The average molecular weight is 267 g/mol. The molecule has 0 atom stereocenters. The van der Waals surface area contributed by atoms with Crippen LogP contribution in [0.4, 0.5) is 13.2 Å². The Balaban J connectivity index is 2.28. The summed E-state index contributed by atoms with van der Waals surface area (Å²) in [6.07, 6.45) is 2.52. The highest BCUT2D eigenvalue weighted by atomic mass is 32.2. The highest BCUT2D eigenvalue weighted by Gasteiger charge is 2.28. The number of halogens is 3.